The van der Waals surface area contributed by atoms with Gasteiger partial charge in [-0.15, -0.1) is 11.3 Å². The molecule has 2 atom stereocenters. The van der Waals surface area contributed by atoms with E-state index in [0.717, 1.165) is 50.1 Å². The molecule has 5 heteroatoms. The summed E-state index contributed by atoms with van der Waals surface area (Å²) in [5.74, 6) is 0.684. The van der Waals surface area contributed by atoms with Crippen molar-refractivity contribution in [2.75, 3.05) is 11.9 Å². The van der Waals surface area contributed by atoms with E-state index in [4.69, 9.17) is 0 Å². The summed E-state index contributed by atoms with van der Waals surface area (Å²) in [7, 11) is 0. The second kappa shape index (κ2) is 6.17. The topological polar surface area (TPSA) is 64.9 Å². The van der Waals surface area contributed by atoms with Crippen LogP contribution in [0.15, 0.2) is 0 Å². The molecule has 0 saturated carbocycles. The van der Waals surface area contributed by atoms with Gasteiger partial charge in [0.2, 0.25) is 5.91 Å². The Morgan fingerprint density at radius 3 is 3.00 bits per heavy atom. The van der Waals surface area contributed by atoms with Crippen molar-refractivity contribution in [3.05, 3.63) is 16.0 Å². The van der Waals surface area contributed by atoms with Crippen molar-refractivity contribution in [2.24, 2.45) is 5.92 Å². The molecule has 1 aliphatic carbocycles. The first-order chi connectivity index (χ1) is 10.2. The van der Waals surface area contributed by atoms with Crippen LogP contribution in [0.1, 0.15) is 48.6 Å². The van der Waals surface area contributed by atoms with E-state index < -0.39 is 0 Å². The second-order valence-electron chi connectivity index (χ2n) is 6.16. The van der Waals surface area contributed by atoms with Gasteiger partial charge in [0.05, 0.1) is 11.6 Å². The van der Waals surface area contributed by atoms with Crippen LogP contribution in [-0.4, -0.2) is 18.5 Å². The molecule has 1 aliphatic heterocycles. The molecule has 0 aromatic carbocycles. The monoisotopic (exact) mass is 303 g/mol. The number of nitrogens with zero attached hydrogens (tertiary/aromatic N) is 1. The first kappa shape index (κ1) is 14.6. The van der Waals surface area contributed by atoms with Crippen LogP contribution in [0.25, 0.3) is 0 Å². The number of piperidine rings is 1. The minimum absolute atomic E-state index is 0.0119. The van der Waals surface area contributed by atoms with E-state index in [0.29, 0.717) is 11.5 Å². The molecule has 112 valence electrons. The van der Waals surface area contributed by atoms with Gasteiger partial charge < -0.3 is 10.6 Å². The second-order valence-corrected chi connectivity index (χ2v) is 7.26. The van der Waals surface area contributed by atoms with Gasteiger partial charge in [-0.1, -0.05) is 13.3 Å². The number of anilines is 1. The molecule has 1 unspecified atom stereocenters. The summed E-state index contributed by atoms with van der Waals surface area (Å²) in [6.45, 7) is 3.15. The maximum atomic E-state index is 12.3. The first-order valence-corrected chi connectivity index (χ1v) is 8.59. The average Bonchev–Trinajstić information content (AvgIpc) is 2.84. The Labute approximate surface area is 129 Å². The largest absolute Gasteiger partial charge is 0.315 e. The van der Waals surface area contributed by atoms with Crippen LogP contribution in [0.2, 0.25) is 0 Å². The Hall–Kier alpha value is -1.38. The molecular weight excluding hydrogens is 282 g/mol. The number of amides is 1. The third kappa shape index (κ3) is 2.97. The van der Waals surface area contributed by atoms with Crippen molar-refractivity contribution < 1.29 is 4.79 Å². The lowest BCUT2D eigenvalue weighted by Gasteiger charge is -2.22. The lowest BCUT2D eigenvalue weighted by atomic mass is 9.88. The molecule has 4 nitrogen and oxygen atoms in total. The van der Waals surface area contributed by atoms with Crippen molar-refractivity contribution in [1.82, 2.24) is 5.32 Å². The Bertz CT molecular complexity index is 581. The molecule has 1 saturated heterocycles. The third-order valence-corrected chi connectivity index (χ3v) is 5.66. The highest BCUT2D eigenvalue weighted by Crippen LogP contribution is 2.39. The van der Waals surface area contributed by atoms with E-state index in [9.17, 15) is 10.1 Å². The fourth-order valence-electron chi connectivity index (χ4n) is 3.23. The van der Waals surface area contributed by atoms with Crippen molar-refractivity contribution in [1.29, 1.82) is 5.26 Å². The maximum Gasteiger partial charge on any atom is 0.242 e. The number of carbonyl (C=O) groups excluding carboxylic acids is 1. The van der Waals surface area contributed by atoms with Gasteiger partial charge in [-0.25, -0.2) is 0 Å². The molecule has 1 aromatic heterocycles. The van der Waals surface area contributed by atoms with Gasteiger partial charge in [0.25, 0.3) is 0 Å². The van der Waals surface area contributed by atoms with Crippen LogP contribution in [0.3, 0.4) is 0 Å². The van der Waals surface area contributed by atoms with Gasteiger partial charge in [0.1, 0.15) is 11.1 Å². The SMILES string of the molecule is CC1CCc2c(sc(NC(=O)[C@H]3CCCCN3)c2C#N)C1. The highest BCUT2D eigenvalue weighted by molar-refractivity contribution is 7.16. The molecule has 1 aromatic rings. The smallest absolute Gasteiger partial charge is 0.242 e. The molecule has 2 heterocycles. The summed E-state index contributed by atoms with van der Waals surface area (Å²) in [5.41, 5.74) is 1.87. The van der Waals surface area contributed by atoms with Crippen molar-refractivity contribution >= 4 is 22.2 Å². The molecule has 1 amide bonds. The zero-order chi connectivity index (χ0) is 14.8. The van der Waals surface area contributed by atoms with Gasteiger partial charge >= 0.3 is 0 Å². The van der Waals surface area contributed by atoms with Crippen LogP contribution in [0.4, 0.5) is 5.00 Å². The van der Waals surface area contributed by atoms with Crippen molar-refractivity contribution in [3.63, 3.8) is 0 Å². The number of thiophene rings is 1. The van der Waals surface area contributed by atoms with Gasteiger partial charge in [0, 0.05) is 4.88 Å². The standard InChI is InChI=1S/C16H21N3OS/c1-10-5-6-11-12(9-17)16(21-14(11)8-10)19-15(20)13-4-2-3-7-18-13/h10,13,18H,2-8H2,1H3,(H,19,20)/t10?,13-/m1/s1. The number of nitriles is 1. The van der Waals surface area contributed by atoms with Gasteiger partial charge in [-0.3, -0.25) is 4.79 Å². The van der Waals surface area contributed by atoms with Gasteiger partial charge in [-0.2, -0.15) is 5.26 Å². The molecule has 0 radical (unpaired) electrons. The molecular formula is C16H21N3OS. The molecule has 1 fully saturated rings. The van der Waals surface area contributed by atoms with E-state index in [1.807, 2.05) is 0 Å². The molecule has 0 bridgehead atoms. The summed E-state index contributed by atoms with van der Waals surface area (Å²) >= 11 is 1.60. The molecule has 3 rings (SSSR count). The number of nitrogens with one attached hydrogen (secondary N) is 2. The van der Waals surface area contributed by atoms with E-state index in [1.54, 1.807) is 11.3 Å². The van der Waals surface area contributed by atoms with Crippen LogP contribution in [0, 0.1) is 17.2 Å². The average molecular weight is 303 g/mol. The summed E-state index contributed by atoms with van der Waals surface area (Å²) in [4.78, 5) is 13.6. The first-order valence-electron chi connectivity index (χ1n) is 7.78. The normalized spacial score (nSPS) is 25.0. The molecule has 0 spiro atoms. The maximum absolute atomic E-state index is 12.3. The molecule has 2 N–H and O–H groups in total. The number of fused-ring (bicyclic) bond motifs is 1. The predicted molar refractivity (Wildman–Crippen MR) is 84.5 cm³/mol. The van der Waals surface area contributed by atoms with Crippen LogP contribution in [0.5, 0.6) is 0 Å². The minimum atomic E-state index is -0.108. The van der Waals surface area contributed by atoms with Crippen molar-refractivity contribution in [2.45, 2.75) is 51.5 Å². The predicted octanol–water partition coefficient (Wildman–Crippen LogP) is 2.83. The number of carbonyl (C=O) groups is 1. The lowest BCUT2D eigenvalue weighted by molar-refractivity contribution is -0.118. The van der Waals surface area contributed by atoms with Gasteiger partial charge in [0.15, 0.2) is 0 Å². The zero-order valence-corrected chi connectivity index (χ0v) is 13.2. The van der Waals surface area contributed by atoms with E-state index >= 15 is 0 Å². The van der Waals surface area contributed by atoms with E-state index in [-0.39, 0.29) is 11.9 Å². The molecule has 2 aliphatic rings. The summed E-state index contributed by atoms with van der Waals surface area (Å²) in [6, 6.07) is 2.19. The fourth-order valence-corrected chi connectivity index (χ4v) is 4.60. The minimum Gasteiger partial charge on any atom is -0.315 e. The Morgan fingerprint density at radius 1 is 1.43 bits per heavy atom. The lowest BCUT2D eigenvalue weighted by Crippen LogP contribution is -2.43. The Kier molecular flexibility index (Phi) is 4.27. The summed E-state index contributed by atoms with van der Waals surface area (Å²) in [5, 5.41) is 16.5. The highest BCUT2D eigenvalue weighted by atomic mass is 32.1. The van der Waals surface area contributed by atoms with Crippen LogP contribution < -0.4 is 10.6 Å². The fraction of sp³-hybridized carbons (Fsp3) is 0.625. The van der Waals surface area contributed by atoms with Crippen molar-refractivity contribution in [3.8, 4) is 6.07 Å². The number of hydrogen-bond donors (Lipinski definition) is 2. The number of rotatable bonds is 2. The Morgan fingerprint density at radius 2 is 2.29 bits per heavy atom. The van der Waals surface area contributed by atoms with Crippen LogP contribution in [-0.2, 0) is 17.6 Å². The van der Waals surface area contributed by atoms with E-state index in [2.05, 4.69) is 23.6 Å². The zero-order valence-electron chi connectivity index (χ0n) is 12.4. The highest BCUT2D eigenvalue weighted by Gasteiger charge is 2.27. The molecule has 21 heavy (non-hydrogen) atoms. The summed E-state index contributed by atoms with van der Waals surface area (Å²) < 4.78 is 0. The van der Waals surface area contributed by atoms with E-state index in [1.165, 1.54) is 10.4 Å². The van der Waals surface area contributed by atoms with Gasteiger partial charge in [-0.05, 0) is 50.1 Å². The van der Waals surface area contributed by atoms with Crippen LogP contribution >= 0.6 is 11.3 Å². The third-order valence-electron chi connectivity index (χ3n) is 4.49. The quantitative estimate of drug-likeness (QED) is 0.883. The number of hydrogen-bond acceptors (Lipinski definition) is 4. The summed E-state index contributed by atoms with van der Waals surface area (Å²) in [6.07, 6.45) is 6.25. The Balaban J connectivity index is 1.79.